The molecule has 2 saturated heterocycles. The third kappa shape index (κ3) is 3.61. The van der Waals surface area contributed by atoms with Gasteiger partial charge in [0.1, 0.15) is 5.82 Å². The summed E-state index contributed by atoms with van der Waals surface area (Å²) in [5.74, 6) is 1.17. The van der Waals surface area contributed by atoms with Gasteiger partial charge < -0.3 is 14.2 Å². The maximum absolute atomic E-state index is 12.6. The summed E-state index contributed by atoms with van der Waals surface area (Å²) in [5.41, 5.74) is 1.19. The Morgan fingerprint density at radius 2 is 2.00 bits per heavy atom. The number of nitrogens with zero attached hydrogens (tertiary/aromatic N) is 3. The summed E-state index contributed by atoms with van der Waals surface area (Å²) in [6, 6.07) is 10.3. The number of carbonyl (C=O) groups excluding carboxylic acids is 1. The lowest BCUT2D eigenvalue weighted by Crippen LogP contribution is -2.32. The number of imidazole rings is 1. The van der Waals surface area contributed by atoms with Gasteiger partial charge in [0, 0.05) is 38.5 Å². The molecule has 0 unspecified atom stereocenters. The van der Waals surface area contributed by atoms with E-state index in [1.165, 1.54) is 5.56 Å². The molecule has 0 bridgehead atoms. The number of hydrogen-bond donors (Lipinski definition) is 0. The van der Waals surface area contributed by atoms with Crippen LogP contribution in [0.5, 0.6) is 0 Å². The fourth-order valence-corrected chi connectivity index (χ4v) is 3.98. The second kappa shape index (κ2) is 7.00. The highest BCUT2D eigenvalue weighted by Crippen LogP contribution is 2.36. The van der Waals surface area contributed by atoms with Gasteiger partial charge in [0.15, 0.2) is 0 Å². The van der Waals surface area contributed by atoms with E-state index in [0.717, 1.165) is 51.2 Å². The molecular weight excluding hydrogens is 314 g/mol. The van der Waals surface area contributed by atoms with Crippen LogP contribution in [0.2, 0.25) is 0 Å². The predicted molar refractivity (Wildman–Crippen MR) is 95.0 cm³/mol. The Balaban J connectivity index is 1.45. The van der Waals surface area contributed by atoms with E-state index in [1.807, 2.05) is 35.5 Å². The van der Waals surface area contributed by atoms with Crippen LogP contribution < -0.4 is 0 Å². The maximum atomic E-state index is 12.6. The molecule has 0 radical (unpaired) electrons. The van der Waals surface area contributed by atoms with Crippen LogP contribution in [0.3, 0.4) is 0 Å². The average molecular weight is 339 g/mol. The van der Waals surface area contributed by atoms with E-state index in [2.05, 4.69) is 21.7 Å². The molecule has 5 nitrogen and oxygen atoms in total. The van der Waals surface area contributed by atoms with Crippen molar-refractivity contribution in [1.82, 2.24) is 14.5 Å². The summed E-state index contributed by atoms with van der Waals surface area (Å²) in [6.45, 7) is 2.96. The molecule has 2 aromatic rings. The molecular formula is C20H25N3O2. The van der Waals surface area contributed by atoms with Gasteiger partial charge >= 0.3 is 0 Å². The molecule has 1 spiro atoms. The monoisotopic (exact) mass is 339 g/mol. The highest BCUT2D eigenvalue weighted by atomic mass is 16.5. The van der Waals surface area contributed by atoms with Crippen LogP contribution in [-0.4, -0.2) is 39.1 Å². The Labute approximate surface area is 148 Å². The fourth-order valence-electron chi connectivity index (χ4n) is 3.98. The highest BCUT2D eigenvalue weighted by molar-refractivity contribution is 5.76. The molecule has 0 saturated carbocycles. The van der Waals surface area contributed by atoms with E-state index < -0.39 is 0 Å². The van der Waals surface area contributed by atoms with Crippen molar-refractivity contribution >= 4 is 5.91 Å². The summed E-state index contributed by atoms with van der Waals surface area (Å²) in [5, 5.41) is 0. The van der Waals surface area contributed by atoms with E-state index in [0.29, 0.717) is 13.0 Å². The summed E-state index contributed by atoms with van der Waals surface area (Å²) in [4.78, 5) is 19.0. The third-order valence-electron chi connectivity index (χ3n) is 5.50. The molecule has 0 N–H and O–H groups in total. The molecule has 3 heterocycles. The molecule has 25 heavy (non-hydrogen) atoms. The summed E-state index contributed by atoms with van der Waals surface area (Å²) < 4.78 is 8.13. The van der Waals surface area contributed by atoms with Crippen LogP contribution in [0.15, 0.2) is 42.7 Å². The number of aromatic nitrogens is 2. The van der Waals surface area contributed by atoms with E-state index in [-0.39, 0.29) is 11.5 Å². The lowest BCUT2D eigenvalue weighted by atomic mass is 9.92. The van der Waals surface area contributed by atoms with Crippen molar-refractivity contribution in [1.29, 1.82) is 0 Å². The van der Waals surface area contributed by atoms with Gasteiger partial charge in [0.25, 0.3) is 0 Å². The Morgan fingerprint density at radius 1 is 1.12 bits per heavy atom. The quantitative estimate of drug-likeness (QED) is 0.860. The zero-order valence-corrected chi connectivity index (χ0v) is 14.6. The van der Waals surface area contributed by atoms with Crippen LogP contribution in [-0.2, 0) is 22.6 Å². The van der Waals surface area contributed by atoms with Crippen molar-refractivity contribution in [2.75, 3.05) is 13.2 Å². The number of amides is 1. The second-order valence-electron chi connectivity index (χ2n) is 7.16. The number of likely N-dealkylation sites (tertiary alicyclic amines) is 1. The third-order valence-corrected chi connectivity index (χ3v) is 5.50. The molecule has 1 atom stereocenters. The molecule has 2 aliphatic heterocycles. The topological polar surface area (TPSA) is 47.4 Å². The first-order valence-corrected chi connectivity index (χ1v) is 9.20. The number of benzene rings is 1. The first kappa shape index (κ1) is 16.3. The predicted octanol–water partition coefficient (Wildman–Crippen LogP) is 2.99. The fraction of sp³-hybridized carbons (Fsp3) is 0.500. The maximum Gasteiger partial charge on any atom is 0.223 e. The first-order valence-electron chi connectivity index (χ1n) is 9.20. The minimum atomic E-state index is -0.0517. The Kier molecular flexibility index (Phi) is 4.57. The molecule has 2 fully saturated rings. The Bertz CT molecular complexity index is 720. The smallest absolute Gasteiger partial charge is 0.223 e. The number of ether oxygens (including phenoxy) is 1. The Hall–Kier alpha value is -2.14. The van der Waals surface area contributed by atoms with Gasteiger partial charge in [-0.3, -0.25) is 4.79 Å². The van der Waals surface area contributed by atoms with Gasteiger partial charge in [-0.15, -0.1) is 0 Å². The first-order chi connectivity index (χ1) is 12.2. The lowest BCUT2D eigenvalue weighted by molar-refractivity contribution is -0.131. The van der Waals surface area contributed by atoms with Crippen molar-refractivity contribution in [2.24, 2.45) is 0 Å². The van der Waals surface area contributed by atoms with Crippen LogP contribution in [0, 0.1) is 0 Å². The van der Waals surface area contributed by atoms with Crippen molar-refractivity contribution < 1.29 is 9.53 Å². The molecule has 1 amide bonds. The van der Waals surface area contributed by atoms with E-state index in [9.17, 15) is 4.79 Å². The second-order valence-corrected chi connectivity index (χ2v) is 7.16. The van der Waals surface area contributed by atoms with Crippen molar-refractivity contribution in [2.45, 2.75) is 50.8 Å². The molecule has 132 valence electrons. The minimum Gasteiger partial charge on any atom is -0.375 e. The number of carbonyl (C=O) groups is 1. The molecule has 1 aromatic heterocycles. The van der Waals surface area contributed by atoms with Gasteiger partial charge in [-0.1, -0.05) is 30.3 Å². The number of hydrogen-bond acceptors (Lipinski definition) is 3. The SMILES string of the molecule is O=C1CC[C@@]2(CCCO2)CCN1Cc1nccn1Cc1ccccc1. The van der Waals surface area contributed by atoms with E-state index in [1.54, 1.807) is 0 Å². The van der Waals surface area contributed by atoms with E-state index in [4.69, 9.17) is 4.74 Å². The zero-order chi connectivity index (χ0) is 17.1. The van der Waals surface area contributed by atoms with Crippen molar-refractivity contribution in [3.8, 4) is 0 Å². The van der Waals surface area contributed by atoms with Crippen molar-refractivity contribution in [3.63, 3.8) is 0 Å². The molecule has 0 aliphatic carbocycles. The molecule has 1 aromatic carbocycles. The summed E-state index contributed by atoms with van der Waals surface area (Å²) in [6.07, 6.45) is 8.42. The lowest BCUT2D eigenvalue weighted by Gasteiger charge is -2.26. The van der Waals surface area contributed by atoms with Gasteiger partial charge in [-0.25, -0.2) is 4.98 Å². The standard InChI is InChI=1S/C20H25N3O2/c24-19-7-9-20(8-4-14-25-20)10-12-23(19)16-18-21-11-13-22(18)15-17-5-2-1-3-6-17/h1-3,5-6,11,13H,4,7-10,12,14-16H2/t20-/m0/s1. The van der Waals surface area contributed by atoms with Gasteiger partial charge in [-0.2, -0.15) is 0 Å². The zero-order valence-electron chi connectivity index (χ0n) is 14.6. The van der Waals surface area contributed by atoms with Crippen LogP contribution in [0.1, 0.15) is 43.5 Å². The van der Waals surface area contributed by atoms with E-state index >= 15 is 0 Å². The van der Waals surface area contributed by atoms with Crippen LogP contribution in [0.4, 0.5) is 0 Å². The van der Waals surface area contributed by atoms with Crippen LogP contribution >= 0.6 is 0 Å². The largest absolute Gasteiger partial charge is 0.375 e. The van der Waals surface area contributed by atoms with Gasteiger partial charge in [-0.05, 0) is 31.2 Å². The number of rotatable bonds is 4. The molecule has 5 heteroatoms. The van der Waals surface area contributed by atoms with Crippen molar-refractivity contribution in [3.05, 3.63) is 54.1 Å². The average Bonchev–Trinajstić information content (AvgIpc) is 3.24. The van der Waals surface area contributed by atoms with Gasteiger partial charge in [0.05, 0.1) is 12.1 Å². The van der Waals surface area contributed by atoms with Crippen LogP contribution in [0.25, 0.3) is 0 Å². The minimum absolute atomic E-state index is 0.0517. The highest BCUT2D eigenvalue weighted by Gasteiger charge is 2.38. The van der Waals surface area contributed by atoms with Gasteiger partial charge in [0.2, 0.25) is 5.91 Å². The molecule has 2 aliphatic rings. The normalized spacial score (nSPS) is 24.0. The molecule has 4 rings (SSSR count). The summed E-state index contributed by atoms with van der Waals surface area (Å²) in [7, 11) is 0. The Morgan fingerprint density at radius 3 is 2.80 bits per heavy atom. The summed E-state index contributed by atoms with van der Waals surface area (Å²) >= 11 is 0.